The Morgan fingerprint density at radius 2 is 1.33 bits per heavy atom. The summed E-state index contributed by atoms with van der Waals surface area (Å²) in [6.07, 6.45) is 2.51. The Labute approximate surface area is 94.4 Å². The molecule has 0 unspecified atom stereocenters. The molecule has 0 atom stereocenters. The number of hydrogen-bond donors (Lipinski definition) is 0. The lowest BCUT2D eigenvalue weighted by Crippen LogP contribution is -1.95. The summed E-state index contributed by atoms with van der Waals surface area (Å²) in [5.41, 5.74) is 0. The van der Waals surface area contributed by atoms with Gasteiger partial charge in [0.2, 0.25) is 0 Å². The molecule has 0 rings (SSSR count). The first-order valence-corrected chi connectivity index (χ1v) is 5.74. The molecule has 0 aromatic rings. The molecule has 0 heterocycles. The zero-order valence-corrected chi connectivity index (χ0v) is 11.1. The molecule has 0 aliphatic carbocycles. The van der Waals surface area contributed by atoms with Crippen LogP contribution in [0, 0.1) is 11.8 Å². The summed E-state index contributed by atoms with van der Waals surface area (Å²) in [5, 5.41) is 0. The van der Waals surface area contributed by atoms with Crippen LogP contribution in [0.15, 0.2) is 0 Å². The number of Topliss-reactive ketones (excluding diaryl/α,β-unsaturated/α-hetero) is 2. The summed E-state index contributed by atoms with van der Waals surface area (Å²) in [5.74, 6) is 1.78. The number of carbonyl (C=O) groups excluding carboxylic acids is 2. The van der Waals surface area contributed by atoms with Crippen LogP contribution >= 0.6 is 0 Å². The predicted molar refractivity (Wildman–Crippen MR) is 64.9 cm³/mol. The Bertz CT molecular complexity index is 181. The first-order chi connectivity index (χ1) is 6.75. The molecular formula is C13H26O2. The number of rotatable bonds is 5. The average molecular weight is 214 g/mol. The topological polar surface area (TPSA) is 34.1 Å². The second-order valence-electron chi connectivity index (χ2n) is 4.93. The summed E-state index contributed by atoms with van der Waals surface area (Å²) in [4.78, 5) is 20.6. The Hall–Kier alpha value is -0.660. The molecule has 90 valence electrons. The fourth-order valence-corrected chi connectivity index (χ4v) is 1.07. The highest BCUT2D eigenvalue weighted by atomic mass is 16.1. The maximum absolute atomic E-state index is 10.3. The van der Waals surface area contributed by atoms with Gasteiger partial charge in [-0.05, 0) is 32.1 Å². The van der Waals surface area contributed by atoms with Crippen LogP contribution in [0.1, 0.15) is 60.8 Å². The molecule has 0 spiro atoms. The minimum atomic E-state index is 0.287. The zero-order valence-electron chi connectivity index (χ0n) is 11.1. The van der Waals surface area contributed by atoms with Gasteiger partial charge in [0.05, 0.1) is 0 Å². The lowest BCUT2D eigenvalue weighted by Gasteiger charge is -1.98. The predicted octanol–water partition coefficient (Wildman–Crippen LogP) is 3.63. The van der Waals surface area contributed by atoms with Crippen molar-refractivity contribution in [1.29, 1.82) is 0 Å². The van der Waals surface area contributed by atoms with E-state index in [2.05, 4.69) is 13.8 Å². The van der Waals surface area contributed by atoms with Crippen LogP contribution in [0.5, 0.6) is 0 Å². The van der Waals surface area contributed by atoms with Gasteiger partial charge in [-0.1, -0.05) is 27.7 Å². The van der Waals surface area contributed by atoms with Crippen molar-refractivity contribution in [3.05, 3.63) is 0 Å². The number of carbonyl (C=O) groups is 2. The molecule has 0 aromatic carbocycles. The molecule has 0 amide bonds. The summed E-state index contributed by atoms with van der Waals surface area (Å²) >= 11 is 0. The molecule has 0 fully saturated rings. The van der Waals surface area contributed by atoms with E-state index in [0.29, 0.717) is 17.6 Å². The standard InChI is InChI=1S/C7H14O.C6H12O/c1-6(2)4-5-7(3)8;1-5(2)4-6(3)7/h6H,4-5H2,1-3H3;5H,4H2,1-3H3. The van der Waals surface area contributed by atoms with Crippen molar-refractivity contribution in [3.63, 3.8) is 0 Å². The first-order valence-electron chi connectivity index (χ1n) is 5.74. The van der Waals surface area contributed by atoms with Crippen LogP contribution in [-0.2, 0) is 9.59 Å². The van der Waals surface area contributed by atoms with E-state index in [-0.39, 0.29) is 5.78 Å². The van der Waals surface area contributed by atoms with Crippen molar-refractivity contribution in [2.24, 2.45) is 11.8 Å². The highest BCUT2D eigenvalue weighted by molar-refractivity contribution is 5.75. The third kappa shape index (κ3) is 24.7. The molecule has 0 aliphatic rings. The Balaban J connectivity index is 0. The molecular weight excluding hydrogens is 188 g/mol. The van der Waals surface area contributed by atoms with Crippen molar-refractivity contribution >= 4 is 11.6 Å². The van der Waals surface area contributed by atoms with Gasteiger partial charge in [-0.2, -0.15) is 0 Å². The molecule has 0 N–H and O–H groups in total. The molecule has 2 heteroatoms. The molecule has 2 nitrogen and oxygen atoms in total. The minimum Gasteiger partial charge on any atom is -0.300 e. The second-order valence-corrected chi connectivity index (χ2v) is 4.93. The lowest BCUT2D eigenvalue weighted by molar-refractivity contribution is -0.118. The van der Waals surface area contributed by atoms with Crippen molar-refractivity contribution in [2.45, 2.75) is 60.8 Å². The monoisotopic (exact) mass is 214 g/mol. The summed E-state index contributed by atoms with van der Waals surface area (Å²) in [7, 11) is 0. The van der Waals surface area contributed by atoms with Gasteiger partial charge in [-0.15, -0.1) is 0 Å². The van der Waals surface area contributed by atoms with E-state index >= 15 is 0 Å². The molecule has 0 bridgehead atoms. The largest absolute Gasteiger partial charge is 0.300 e. The van der Waals surface area contributed by atoms with Crippen LogP contribution in [0.3, 0.4) is 0 Å². The second kappa shape index (κ2) is 9.88. The van der Waals surface area contributed by atoms with E-state index in [0.717, 1.165) is 19.3 Å². The fourth-order valence-electron chi connectivity index (χ4n) is 1.07. The van der Waals surface area contributed by atoms with Gasteiger partial charge in [0.25, 0.3) is 0 Å². The van der Waals surface area contributed by atoms with Gasteiger partial charge >= 0.3 is 0 Å². The van der Waals surface area contributed by atoms with Crippen molar-refractivity contribution in [1.82, 2.24) is 0 Å². The van der Waals surface area contributed by atoms with Gasteiger partial charge < -0.3 is 9.59 Å². The molecule has 0 saturated carbocycles. The van der Waals surface area contributed by atoms with Gasteiger partial charge in [0.1, 0.15) is 11.6 Å². The van der Waals surface area contributed by atoms with E-state index < -0.39 is 0 Å². The van der Waals surface area contributed by atoms with Gasteiger partial charge in [0.15, 0.2) is 0 Å². The van der Waals surface area contributed by atoms with Crippen LogP contribution in [0.25, 0.3) is 0 Å². The number of hydrogen-bond acceptors (Lipinski definition) is 2. The molecule has 0 aromatic heterocycles. The Morgan fingerprint density at radius 3 is 1.40 bits per heavy atom. The maximum atomic E-state index is 10.3. The minimum absolute atomic E-state index is 0.287. The van der Waals surface area contributed by atoms with E-state index in [9.17, 15) is 9.59 Å². The van der Waals surface area contributed by atoms with Crippen molar-refractivity contribution in [3.8, 4) is 0 Å². The van der Waals surface area contributed by atoms with Gasteiger partial charge in [-0.25, -0.2) is 0 Å². The van der Waals surface area contributed by atoms with Crippen molar-refractivity contribution < 1.29 is 9.59 Å². The molecule has 0 aliphatic heterocycles. The van der Waals surface area contributed by atoms with Crippen LogP contribution in [-0.4, -0.2) is 11.6 Å². The summed E-state index contributed by atoms with van der Waals surface area (Å²) in [6.45, 7) is 11.6. The Morgan fingerprint density at radius 1 is 0.867 bits per heavy atom. The first kappa shape index (κ1) is 16.8. The highest BCUT2D eigenvalue weighted by Crippen LogP contribution is 2.02. The van der Waals surface area contributed by atoms with Gasteiger partial charge in [0, 0.05) is 12.8 Å². The molecule has 0 radical (unpaired) electrons. The van der Waals surface area contributed by atoms with Gasteiger partial charge in [-0.3, -0.25) is 0 Å². The Kier molecular flexibility index (Phi) is 11.0. The summed E-state index contributed by atoms with van der Waals surface area (Å²) < 4.78 is 0. The molecule has 0 saturated heterocycles. The number of ketones is 2. The van der Waals surface area contributed by atoms with E-state index in [1.54, 1.807) is 13.8 Å². The van der Waals surface area contributed by atoms with E-state index in [1.165, 1.54) is 0 Å². The lowest BCUT2D eigenvalue weighted by atomic mass is 10.1. The van der Waals surface area contributed by atoms with Crippen LogP contribution in [0.2, 0.25) is 0 Å². The SMILES string of the molecule is CC(=O)CC(C)C.CC(=O)CCC(C)C. The van der Waals surface area contributed by atoms with Crippen molar-refractivity contribution in [2.75, 3.05) is 0 Å². The fraction of sp³-hybridized carbons (Fsp3) is 0.846. The third-order valence-corrected chi connectivity index (χ3v) is 1.77. The normalized spacial score (nSPS) is 9.87. The van der Waals surface area contributed by atoms with E-state index in [1.807, 2.05) is 13.8 Å². The van der Waals surface area contributed by atoms with Crippen LogP contribution < -0.4 is 0 Å². The average Bonchev–Trinajstić information content (AvgIpc) is 1.99. The third-order valence-electron chi connectivity index (χ3n) is 1.77. The highest BCUT2D eigenvalue weighted by Gasteiger charge is 1.96. The maximum Gasteiger partial charge on any atom is 0.130 e. The zero-order chi connectivity index (χ0) is 12.4. The van der Waals surface area contributed by atoms with E-state index in [4.69, 9.17) is 0 Å². The summed E-state index contributed by atoms with van der Waals surface area (Å²) in [6, 6.07) is 0. The smallest absolute Gasteiger partial charge is 0.130 e. The quantitative estimate of drug-likeness (QED) is 0.700. The van der Waals surface area contributed by atoms with Crippen LogP contribution in [0.4, 0.5) is 0 Å². The molecule has 15 heavy (non-hydrogen) atoms.